The number of hydrogen-bond acceptors (Lipinski definition) is 2. The maximum Gasteiger partial charge on any atom is 0.0304 e. The van der Waals surface area contributed by atoms with Crippen molar-refractivity contribution in [3.8, 4) is 0 Å². The van der Waals surface area contributed by atoms with E-state index in [4.69, 9.17) is 0 Å². The van der Waals surface area contributed by atoms with Gasteiger partial charge in [0.1, 0.15) is 0 Å². The van der Waals surface area contributed by atoms with Crippen molar-refractivity contribution in [1.82, 2.24) is 10.2 Å². The highest BCUT2D eigenvalue weighted by molar-refractivity contribution is 4.97. The van der Waals surface area contributed by atoms with Gasteiger partial charge in [0.15, 0.2) is 0 Å². The first-order valence-corrected chi connectivity index (χ1v) is 8.02. The molecule has 2 fully saturated rings. The minimum Gasteiger partial charge on any atom is -0.308 e. The van der Waals surface area contributed by atoms with E-state index in [1.54, 1.807) is 0 Å². The van der Waals surface area contributed by atoms with Gasteiger partial charge in [-0.3, -0.25) is 4.90 Å². The molecule has 2 heteroatoms. The lowest BCUT2D eigenvalue weighted by atomic mass is 9.84. The van der Waals surface area contributed by atoms with Crippen molar-refractivity contribution in [3.05, 3.63) is 0 Å². The highest BCUT2D eigenvalue weighted by atomic mass is 15.3. The number of nitrogens with one attached hydrogen (secondary N) is 1. The van der Waals surface area contributed by atoms with Crippen molar-refractivity contribution in [3.63, 3.8) is 0 Å². The molecule has 0 bridgehead atoms. The maximum absolute atomic E-state index is 3.81. The fourth-order valence-electron chi connectivity index (χ4n) is 3.91. The van der Waals surface area contributed by atoms with Crippen molar-refractivity contribution in [2.24, 2.45) is 5.41 Å². The predicted octanol–water partition coefficient (Wildman–Crippen LogP) is 3.42. The van der Waals surface area contributed by atoms with Gasteiger partial charge >= 0.3 is 0 Å². The van der Waals surface area contributed by atoms with Gasteiger partial charge < -0.3 is 5.32 Å². The SMILES string of the molecule is CCC1(CC)CN(CC2(C)CCCC2)C(C)CN1. The van der Waals surface area contributed by atoms with Gasteiger partial charge in [-0.05, 0) is 38.0 Å². The molecule has 2 rings (SSSR count). The molecule has 1 saturated heterocycles. The highest BCUT2D eigenvalue weighted by Crippen LogP contribution is 2.39. The Morgan fingerprint density at radius 2 is 1.78 bits per heavy atom. The summed E-state index contributed by atoms with van der Waals surface area (Å²) in [4.78, 5) is 2.77. The zero-order chi connectivity index (χ0) is 13.2. The normalized spacial score (nSPS) is 31.7. The zero-order valence-corrected chi connectivity index (χ0v) is 12.9. The summed E-state index contributed by atoms with van der Waals surface area (Å²) in [5, 5.41) is 3.81. The van der Waals surface area contributed by atoms with Gasteiger partial charge in [-0.1, -0.05) is 33.6 Å². The smallest absolute Gasteiger partial charge is 0.0304 e. The van der Waals surface area contributed by atoms with Crippen LogP contribution in [0.4, 0.5) is 0 Å². The van der Waals surface area contributed by atoms with Crippen LogP contribution in [-0.2, 0) is 0 Å². The maximum atomic E-state index is 3.81. The topological polar surface area (TPSA) is 15.3 Å². The van der Waals surface area contributed by atoms with Crippen LogP contribution in [-0.4, -0.2) is 36.1 Å². The first-order chi connectivity index (χ1) is 8.52. The number of hydrogen-bond donors (Lipinski definition) is 1. The van der Waals surface area contributed by atoms with Gasteiger partial charge in [-0.2, -0.15) is 0 Å². The standard InChI is InChI=1S/C16H32N2/c1-5-16(6-2)13-18(14(3)11-17-16)12-15(4)9-7-8-10-15/h14,17H,5-13H2,1-4H3. The van der Waals surface area contributed by atoms with Gasteiger partial charge in [0, 0.05) is 31.2 Å². The summed E-state index contributed by atoms with van der Waals surface area (Å²) in [6.45, 7) is 13.3. The van der Waals surface area contributed by atoms with E-state index in [0.29, 0.717) is 17.0 Å². The second-order valence-electron chi connectivity index (χ2n) is 7.14. The molecule has 1 unspecified atom stereocenters. The third kappa shape index (κ3) is 2.91. The molecule has 18 heavy (non-hydrogen) atoms. The van der Waals surface area contributed by atoms with Crippen molar-refractivity contribution in [2.75, 3.05) is 19.6 Å². The molecule has 0 aromatic rings. The third-order valence-corrected chi connectivity index (χ3v) is 5.65. The van der Waals surface area contributed by atoms with Crippen molar-refractivity contribution in [1.29, 1.82) is 0 Å². The molecule has 1 heterocycles. The number of piperazine rings is 1. The fourth-order valence-corrected chi connectivity index (χ4v) is 3.91. The summed E-state index contributed by atoms with van der Waals surface area (Å²) in [6, 6.07) is 0.702. The van der Waals surface area contributed by atoms with Crippen molar-refractivity contribution < 1.29 is 0 Å². The van der Waals surface area contributed by atoms with E-state index in [0.717, 1.165) is 6.54 Å². The average Bonchev–Trinajstić information content (AvgIpc) is 2.79. The quantitative estimate of drug-likeness (QED) is 0.825. The monoisotopic (exact) mass is 252 g/mol. The lowest BCUT2D eigenvalue weighted by Gasteiger charge is -2.48. The number of rotatable bonds is 4. The number of nitrogens with zero attached hydrogens (tertiary/aromatic N) is 1. The van der Waals surface area contributed by atoms with Gasteiger partial charge in [0.05, 0.1) is 0 Å². The first kappa shape index (κ1) is 14.3. The molecule has 1 aliphatic carbocycles. The van der Waals surface area contributed by atoms with Crippen LogP contribution in [0.2, 0.25) is 0 Å². The Balaban J connectivity index is 2.01. The Kier molecular flexibility index (Phi) is 4.38. The third-order valence-electron chi connectivity index (χ3n) is 5.65. The molecule has 1 saturated carbocycles. The second kappa shape index (κ2) is 5.50. The molecule has 106 valence electrons. The van der Waals surface area contributed by atoms with Crippen LogP contribution in [0.15, 0.2) is 0 Å². The fraction of sp³-hybridized carbons (Fsp3) is 1.00. The average molecular weight is 252 g/mol. The van der Waals surface area contributed by atoms with E-state index in [2.05, 4.69) is 37.9 Å². The Hall–Kier alpha value is -0.0800. The van der Waals surface area contributed by atoms with Gasteiger partial charge in [-0.25, -0.2) is 0 Å². The Morgan fingerprint density at radius 3 is 2.33 bits per heavy atom. The summed E-state index contributed by atoms with van der Waals surface area (Å²) in [5.41, 5.74) is 0.973. The van der Waals surface area contributed by atoms with E-state index < -0.39 is 0 Å². The van der Waals surface area contributed by atoms with Gasteiger partial charge in [0.2, 0.25) is 0 Å². The molecule has 0 aromatic heterocycles. The molecule has 1 N–H and O–H groups in total. The molecule has 1 aliphatic heterocycles. The van der Waals surface area contributed by atoms with Crippen LogP contribution in [0.25, 0.3) is 0 Å². The highest BCUT2D eigenvalue weighted by Gasteiger charge is 2.39. The van der Waals surface area contributed by atoms with E-state index in [9.17, 15) is 0 Å². The molecule has 0 radical (unpaired) electrons. The Bertz CT molecular complexity index is 262. The van der Waals surface area contributed by atoms with Crippen LogP contribution >= 0.6 is 0 Å². The van der Waals surface area contributed by atoms with Crippen LogP contribution in [0.1, 0.15) is 66.2 Å². The first-order valence-electron chi connectivity index (χ1n) is 8.02. The van der Waals surface area contributed by atoms with E-state index in [1.807, 2.05) is 0 Å². The summed E-state index contributed by atoms with van der Waals surface area (Å²) in [6.07, 6.45) is 8.28. The van der Waals surface area contributed by atoms with Crippen LogP contribution in [0, 0.1) is 5.41 Å². The largest absolute Gasteiger partial charge is 0.308 e. The van der Waals surface area contributed by atoms with Gasteiger partial charge in [-0.15, -0.1) is 0 Å². The summed E-state index contributed by atoms with van der Waals surface area (Å²) < 4.78 is 0. The van der Waals surface area contributed by atoms with Crippen molar-refractivity contribution in [2.45, 2.75) is 77.8 Å². The molecular formula is C16H32N2. The van der Waals surface area contributed by atoms with Crippen LogP contribution in [0.3, 0.4) is 0 Å². The Labute approximate surface area is 114 Å². The molecule has 2 aliphatic rings. The minimum absolute atomic E-state index is 0.376. The van der Waals surface area contributed by atoms with Gasteiger partial charge in [0.25, 0.3) is 0 Å². The van der Waals surface area contributed by atoms with Crippen LogP contribution < -0.4 is 5.32 Å². The summed E-state index contributed by atoms with van der Waals surface area (Å²) >= 11 is 0. The molecule has 1 atom stereocenters. The summed E-state index contributed by atoms with van der Waals surface area (Å²) in [7, 11) is 0. The molecule has 2 nitrogen and oxygen atoms in total. The minimum atomic E-state index is 0.376. The van der Waals surface area contributed by atoms with E-state index in [1.165, 1.54) is 51.6 Å². The molecule has 0 amide bonds. The van der Waals surface area contributed by atoms with E-state index in [-0.39, 0.29) is 0 Å². The molecule has 0 spiro atoms. The second-order valence-corrected chi connectivity index (χ2v) is 7.14. The van der Waals surface area contributed by atoms with Crippen LogP contribution in [0.5, 0.6) is 0 Å². The van der Waals surface area contributed by atoms with Crippen molar-refractivity contribution >= 4 is 0 Å². The zero-order valence-electron chi connectivity index (χ0n) is 12.9. The predicted molar refractivity (Wildman–Crippen MR) is 78.9 cm³/mol. The lowest BCUT2D eigenvalue weighted by molar-refractivity contribution is 0.0462. The lowest BCUT2D eigenvalue weighted by Crippen LogP contribution is -2.64. The summed E-state index contributed by atoms with van der Waals surface area (Å²) in [5.74, 6) is 0. The molecular weight excluding hydrogens is 220 g/mol. The Morgan fingerprint density at radius 1 is 1.17 bits per heavy atom. The molecule has 0 aromatic carbocycles. The van der Waals surface area contributed by atoms with E-state index >= 15 is 0 Å².